The van der Waals surface area contributed by atoms with Gasteiger partial charge < -0.3 is 14.8 Å². The van der Waals surface area contributed by atoms with Gasteiger partial charge in [0.1, 0.15) is 24.1 Å². The fourth-order valence-corrected chi connectivity index (χ4v) is 3.29. The SMILES string of the molecule is COc1cc(/C=C(\C#N)C(=O)Nc2cccc(Cl)c2)cc(Cl)c1OCc1cccc(F)c1. The van der Waals surface area contributed by atoms with Crippen molar-refractivity contribution in [1.82, 2.24) is 0 Å². The number of ether oxygens (including phenoxy) is 2. The van der Waals surface area contributed by atoms with Gasteiger partial charge in [-0.05, 0) is 59.7 Å². The normalized spacial score (nSPS) is 10.9. The summed E-state index contributed by atoms with van der Waals surface area (Å²) in [6.07, 6.45) is 1.38. The third-order valence-electron chi connectivity index (χ3n) is 4.28. The molecule has 0 aliphatic rings. The molecule has 8 heteroatoms. The molecule has 0 aliphatic carbocycles. The second-order valence-corrected chi connectivity index (χ2v) is 7.43. The van der Waals surface area contributed by atoms with E-state index in [-0.39, 0.29) is 28.8 Å². The average molecular weight is 471 g/mol. The highest BCUT2D eigenvalue weighted by molar-refractivity contribution is 6.32. The minimum Gasteiger partial charge on any atom is -0.493 e. The zero-order valence-corrected chi connectivity index (χ0v) is 18.4. The largest absolute Gasteiger partial charge is 0.493 e. The lowest BCUT2D eigenvalue weighted by atomic mass is 10.1. The summed E-state index contributed by atoms with van der Waals surface area (Å²) in [4.78, 5) is 12.5. The molecule has 5 nitrogen and oxygen atoms in total. The van der Waals surface area contributed by atoms with Crippen molar-refractivity contribution in [3.8, 4) is 17.6 Å². The van der Waals surface area contributed by atoms with Crippen LogP contribution in [-0.4, -0.2) is 13.0 Å². The summed E-state index contributed by atoms with van der Waals surface area (Å²) in [7, 11) is 1.44. The van der Waals surface area contributed by atoms with Gasteiger partial charge >= 0.3 is 0 Å². The van der Waals surface area contributed by atoms with Gasteiger partial charge in [-0.3, -0.25) is 4.79 Å². The summed E-state index contributed by atoms with van der Waals surface area (Å²) >= 11 is 12.3. The van der Waals surface area contributed by atoms with Crippen molar-refractivity contribution in [3.63, 3.8) is 0 Å². The van der Waals surface area contributed by atoms with Crippen LogP contribution in [-0.2, 0) is 11.4 Å². The fraction of sp³-hybridized carbons (Fsp3) is 0.0833. The zero-order chi connectivity index (χ0) is 23.1. The molecule has 3 rings (SSSR count). The van der Waals surface area contributed by atoms with Crippen LogP contribution in [0.15, 0.2) is 66.2 Å². The number of methoxy groups -OCH3 is 1. The first-order valence-corrected chi connectivity index (χ1v) is 10.1. The molecule has 0 heterocycles. The van der Waals surface area contributed by atoms with Crippen LogP contribution in [0.2, 0.25) is 10.0 Å². The number of rotatable bonds is 7. The number of nitrogens with one attached hydrogen (secondary N) is 1. The monoisotopic (exact) mass is 470 g/mol. The Kier molecular flexibility index (Phi) is 7.72. The van der Waals surface area contributed by atoms with E-state index in [0.29, 0.717) is 27.6 Å². The lowest BCUT2D eigenvalue weighted by molar-refractivity contribution is -0.112. The first-order chi connectivity index (χ1) is 15.4. The van der Waals surface area contributed by atoms with Crippen LogP contribution >= 0.6 is 23.2 Å². The molecule has 0 unspecified atom stereocenters. The van der Waals surface area contributed by atoms with Gasteiger partial charge in [0.25, 0.3) is 5.91 Å². The van der Waals surface area contributed by atoms with Crippen LogP contribution in [0.4, 0.5) is 10.1 Å². The van der Waals surface area contributed by atoms with Crippen molar-refractivity contribution in [2.45, 2.75) is 6.61 Å². The number of carbonyl (C=O) groups is 1. The van der Waals surface area contributed by atoms with Crippen molar-refractivity contribution >= 4 is 40.9 Å². The van der Waals surface area contributed by atoms with Crippen LogP contribution < -0.4 is 14.8 Å². The summed E-state index contributed by atoms with van der Waals surface area (Å²) in [6, 6.07) is 17.6. The lowest BCUT2D eigenvalue weighted by Gasteiger charge is -2.14. The Hall–Kier alpha value is -3.53. The topological polar surface area (TPSA) is 71.3 Å². The molecule has 32 heavy (non-hydrogen) atoms. The van der Waals surface area contributed by atoms with Gasteiger partial charge in [0.05, 0.1) is 12.1 Å². The van der Waals surface area contributed by atoms with E-state index in [9.17, 15) is 14.4 Å². The Morgan fingerprint density at radius 1 is 1.16 bits per heavy atom. The van der Waals surface area contributed by atoms with E-state index in [4.69, 9.17) is 32.7 Å². The molecule has 0 saturated carbocycles. The molecule has 0 bridgehead atoms. The van der Waals surface area contributed by atoms with Gasteiger partial charge in [0.15, 0.2) is 11.5 Å². The number of benzene rings is 3. The molecule has 0 atom stereocenters. The Labute approximate surface area is 194 Å². The number of carbonyl (C=O) groups excluding carboxylic acids is 1. The Bertz CT molecular complexity index is 1220. The van der Waals surface area contributed by atoms with E-state index in [0.717, 1.165) is 0 Å². The number of hydrogen-bond donors (Lipinski definition) is 1. The van der Waals surface area contributed by atoms with Crippen molar-refractivity contribution in [2.75, 3.05) is 12.4 Å². The predicted molar refractivity (Wildman–Crippen MR) is 122 cm³/mol. The first kappa shape index (κ1) is 23.1. The number of amides is 1. The van der Waals surface area contributed by atoms with Crippen LogP contribution in [0, 0.1) is 17.1 Å². The molecule has 0 aliphatic heterocycles. The van der Waals surface area contributed by atoms with E-state index in [1.807, 2.05) is 6.07 Å². The molecule has 0 aromatic heterocycles. The maximum atomic E-state index is 13.4. The Balaban J connectivity index is 1.82. The maximum absolute atomic E-state index is 13.4. The highest BCUT2D eigenvalue weighted by Crippen LogP contribution is 2.37. The third-order valence-corrected chi connectivity index (χ3v) is 4.80. The van der Waals surface area contributed by atoms with E-state index in [1.165, 1.54) is 31.4 Å². The lowest BCUT2D eigenvalue weighted by Crippen LogP contribution is -2.13. The van der Waals surface area contributed by atoms with Gasteiger partial charge in [-0.2, -0.15) is 5.26 Å². The van der Waals surface area contributed by atoms with E-state index >= 15 is 0 Å². The highest BCUT2D eigenvalue weighted by atomic mass is 35.5. The molecular formula is C24H17Cl2FN2O3. The minimum atomic E-state index is -0.601. The Morgan fingerprint density at radius 3 is 2.62 bits per heavy atom. The van der Waals surface area contributed by atoms with E-state index in [2.05, 4.69) is 5.32 Å². The highest BCUT2D eigenvalue weighted by Gasteiger charge is 2.15. The number of nitriles is 1. The predicted octanol–water partition coefficient (Wildman–Crippen LogP) is 6.27. The average Bonchev–Trinajstić information content (AvgIpc) is 2.76. The summed E-state index contributed by atoms with van der Waals surface area (Å²) < 4.78 is 24.4. The number of anilines is 1. The maximum Gasteiger partial charge on any atom is 0.266 e. The van der Waals surface area contributed by atoms with Gasteiger partial charge in [-0.25, -0.2) is 4.39 Å². The molecular weight excluding hydrogens is 454 g/mol. The van der Waals surface area contributed by atoms with Gasteiger partial charge in [-0.15, -0.1) is 0 Å². The summed E-state index contributed by atoms with van der Waals surface area (Å²) in [5.41, 5.74) is 1.40. The standard InChI is InChI=1S/C24H17Cl2FN2O3/c1-31-22-11-16(8-17(13-28)24(30)29-20-7-3-5-18(25)12-20)10-21(26)23(22)32-14-15-4-2-6-19(27)9-15/h2-12H,14H2,1H3,(H,29,30)/b17-8+. The number of nitrogens with zero attached hydrogens (tertiary/aromatic N) is 1. The molecule has 3 aromatic carbocycles. The molecule has 162 valence electrons. The van der Waals surface area contributed by atoms with Crippen LogP contribution in [0.3, 0.4) is 0 Å². The quantitative estimate of drug-likeness (QED) is 0.326. The molecule has 3 aromatic rings. The summed E-state index contributed by atoms with van der Waals surface area (Å²) in [5, 5.41) is 12.7. The molecule has 1 N–H and O–H groups in total. The molecule has 0 radical (unpaired) electrons. The molecule has 0 fully saturated rings. The summed E-state index contributed by atoms with van der Waals surface area (Å²) in [5.74, 6) is -0.411. The second-order valence-electron chi connectivity index (χ2n) is 6.59. The first-order valence-electron chi connectivity index (χ1n) is 9.33. The van der Waals surface area contributed by atoms with Crippen molar-refractivity contribution in [2.24, 2.45) is 0 Å². The number of hydrogen-bond acceptors (Lipinski definition) is 4. The van der Waals surface area contributed by atoms with Crippen molar-refractivity contribution in [1.29, 1.82) is 5.26 Å². The minimum absolute atomic E-state index is 0.0779. The third kappa shape index (κ3) is 6.01. The van der Waals surface area contributed by atoms with Crippen LogP contribution in [0.25, 0.3) is 6.08 Å². The van der Waals surface area contributed by atoms with Gasteiger partial charge in [0.2, 0.25) is 0 Å². The van der Waals surface area contributed by atoms with E-state index in [1.54, 1.807) is 42.5 Å². The van der Waals surface area contributed by atoms with Crippen molar-refractivity contribution in [3.05, 3.63) is 93.2 Å². The van der Waals surface area contributed by atoms with E-state index < -0.39 is 5.91 Å². The van der Waals surface area contributed by atoms with Crippen LogP contribution in [0.5, 0.6) is 11.5 Å². The zero-order valence-electron chi connectivity index (χ0n) is 16.9. The Morgan fingerprint density at radius 2 is 1.94 bits per heavy atom. The smallest absolute Gasteiger partial charge is 0.266 e. The second kappa shape index (κ2) is 10.7. The molecule has 0 saturated heterocycles. The van der Waals surface area contributed by atoms with Crippen LogP contribution in [0.1, 0.15) is 11.1 Å². The number of halogens is 3. The van der Waals surface area contributed by atoms with Gasteiger partial charge in [-0.1, -0.05) is 41.4 Å². The van der Waals surface area contributed by atoms with Gasteiger partial charge in [0, 0.05) is 10.7 Å². The molecule has 0 spiro atoms. The molecule has 1 amide bonds. The summed E-state index contributed by atoms with van der Waals surface area (Å²) in [6.45, 7) is 0.0779. The fourth-order valence-electron chi connectivity index (χ4n) is 2.83. The van der Waals surface area contributed by atoms with Crippen molar-refractivity contribution < 1.29 is 18.7 Å².